The van der Waals surface area contributed by atoms with Crippen LogP contribution < -0.4 is 25.6 Å². The van der Waals surface area contributed by atoms with Crippen molar-refractivity contribution in [2.24, 2.45) is 5.92 Å². The summed E-state index contributed by atoms with van der Waals surface area (Å²) in [6.07, 6.45) is -1.03. The van der Waals surface area contributed by atoms with Crippen LogP contribution in [0, 0.1) is 5.92 Å². The lowest BCUT2D eigenvalue weighted by Crippen LogP contribution is -2.35. The van der Waals surface area contributed by atoms with Gasteiger partial charge in [-0.25, -0.2) is 4.98 Å². The van der Waals surface area contributed by atoms with Gasteiger partial charge >= 0.3 is 6.36 Å². The zero-order chi connectivity index (χ0) is 32.0. The molecule has 0 bridgehead atoms. The molecule has 0 atom stereocenters. The van der Waals surface area contributed by atoms with Gasteiger partial charge in [0, 0.05) is 43.3 Å². The molecule has 0 spiro atoms. The first kappa shape index (κ1) is 31.6. The van der Waals surface area contributed by atoms with Gasteiger partial charge < -0.3 is 25.6 Å². The Labute approximate surface area is 259 Å². The van der Waals surface area contributed by atoms with Crippen molar-refractivity contribution >= 4 is 40.2 Å². The smallest absolute Gasteiger partial charge is 0.406 e. The number of rotatable bonds is 10. The van der Waals surface area contributed by atoms with Gasteiger partial charge in [-0.1, -0.05) is 30.3 Å². The summed E-state index contributed by atoms with van der Waals surface area (Å²) < 4.78 is 41.1. The summed E-state index contributed by atoms with van der Waals surface area (Å²) in [5.41, 5.74) is 2.04. The van der Waals surface area contributed by atoms with Crippen LogP contribution in [-0.4, -0.2) is 54.8 Å². The zero-order valence-electron chi connectivity index (χ0n) is 25.0. The third-order valence-corrected chi connectivity index (χ3v) is 7.73. The maximum absolute atomic E-state index is 12.9. The quantitative estimate of drug-likeness (QED) is 0.194. The first-order valence-electron chi connectivity index (χ1n) is 14.8. The molecule has 1 fully saturated rings. The van der Waals surface area contributed by atoms with Crippen LogP contribution in [0.4, 0.5) is 30.6 Å². The fourth-order valence-electron chi connectivity index (χ4n) is 5.49. The minimum absolute atomic E-state index is 0.0202. The first-order valence-corrected chi connectivity index (χ1v) is 14.8. The lowest BCUT2D eigenvalue weighted by Gasteiger charge is -2.29. The molecular formula is C33H35F3N6O3. The summed E-state index contributed by atoms with van der Waals surface area (Å²) in [4.78, 5) is 37.2. The van der Waals surface area contributed by atoms with E-state index in [4.69, 9.17) is 9.97 Å². The van der Waals surface area contributed by atoms with E-state index in [-0.39, 0.29) is 24.1 Å². The van der Waals surface area contributed by atoms with Crippen molar-refractivity contribution in [3.8, 4) is 5.75 Å². The van der Waals surface area contributed by atoms with E-state index in [2.05, 4.69) is 20.7 Å². The van der Waals surface area contributed by atoms with E-state index in [1.54, 1.807) is 24.3 Å². The van der Waals surface area contributed by atoms with Crippen LogP contribution in [0.3, 0.4) is 0 Å². The number of hydrogen-bond acceptors (Lipinski definition) is 7. The number of alkyl halides is 3. The molecule has 12 heteroatoms. The summed E-state index contributed by atoms with van der Waals surface area (Å²) in [5.74, 6) is 0.771. The van der Waals surface area contributed by atoms with Crippen molar-refractivity contribution < 1.29 is 27.5 Å². The van der Waals surface area contributed by atoms with Crippen LogP contribution in [0.1, 0.15) is 41.6 Å². The highest BCUT2D eigenvalue weighted by Gasteiger charge is 2.31. The zero-order valence-corrected chi connectivity index (χ0v) is 25.0. The Balaban J connectivity index is 1.10. The van der Waals surface area contributed by atoms with Crippen LogP contribution in [0.15, 0.2) is 72.8 Å². The molecule has 45 heavy (non-hydrogen) atoms. The third-order valence-electron chi connectivity index (χ3n) is 7.73. The van der Waals surface area contributed by atoms with Gasteiger partial charge in [0.1, 0.15) is 11.6 Å². The number of carbonyl (C=O) groups excluding carboxylic acids is 2. The van der Waals surface area contributed by atoms with E-state index in [0.29, 0.717) is 35.2 Å². The van der Waals surface area contributed by atoms with E-state index in [0.717, 1.165) is 54.5 Å². The number of nitrogens with zero attached hydrogens (tertiary/aromatic N) is 3. The molecule has 1 aliphatic carbocycles. The van der Waals surface area contributed by atoms with Crippen molar-refractivity contribution in [2.75, 3.05) is 36.2 Å². The summed E-state index contributed by atoms with van der Waals surface area (Å²) in [7, 11) is 3.93. The minimum Gasteiger partial charge on any atom is -0.406 e. The highest BCUT2D eigenvalue weighted by Crippen LogP contribution is 2.29. The number of amides is 2. The standard InChI is InChI=1S/C33H35F3N6O3/c1-42(2)30-27-9-5-6-10-28(27)40-32(41-30)39-24-13-11-21(12-14-24)20-37-29(43)19-22-7-3-4-8-26(22)31(44)38-23-15-17-25(18-16-23)45-33(34,35)36/h3-10,15-18,21,24H,11-14,19-20H2,1-2H3,(H,37,43)(H,38,44)(H,39,40,41)/t21-,24+. The molecule has 1 aromatic heterocycles. The minimum atomic E-state index is -4.80. The third kappa shape index (κ3) is 8.62. The predicted molar refractivity (Wildman–Crippen MR) is 167 cm³/mol. The number of para-hydroxylation sites is 1. The topological polar surface area (TPSA) is 108 Å². The van der Waals surface area contributed by atoms with Gasteiger partial charge in [-0.2, -0.15) is 4.98 Å². The van der Waals surface area contributed by atoms with Gasteiger partial charge in [-0.15, -0.1) is 13.2 Å². The van der Waals surface area contributed by atoms with E-state index in [1.165, 1.54) is 12.1 Å². The highest BCUT2D eigenvalue weighted by molar-refractivity contribution is 6.06. The van der Waals surface area contributed by atoms with E-state index in [1.807, 2.05) is 43.3 Å². The second-order valence-electron chi connectivity index (χ2n) is 11.3. The molecule has 5 rings (SSSR count). The molecule has 1 aliphatic rings. The number of ether oxygens (including phenoxy) is 1. The molecule has 236 valence electrons. The van der Waals surface area contributed by atoms with E-state index >= 15 is 0 Å². The Morgan fingerprint density at radius 1 is 0.911 bits per heavy atom. The average Bonchev–Trinajstić information content (AvgIpc) is 3.01. The summed E-state index contributed by atoms with van der Waals surface area (Å²) in [6, 6.07) is 19.8. The normalized spacial score (nSPS) is 16.6. The van der Waals surface area contributed by atoms with Crippen molar-refractivity contribution in [2.45, 2.75) is 44.5 Å². The Hall–Kier alpha value is -4.87. The predicted octanol–water partition coefficient (Wildman–Crippen LogP) is 6.18. The second-order valence-corrected chi connectivity index (χ2v) is 11.3. The summed E-state index contributed by atoms with van der Waals surface area (Å²) >= 11 is 0. The molecule has 3 aromatic carbocycles. The van der Waals surface area contributed by atoms with Gasteiger partial charge in [0.15, 0.2) is 0 Å². The lowest BCUT2D eigenvalue weighted by molar-refractivity contribution is -0.274. The van der Waals surface area contributed by atoms with Crippen LogP contribution in [0.25, 0.3) is 10.9 Å². The number of halogens is 3. The number of benzene rings is 3. The van der Waals surface area contributed by atoms with Gasteiger partial charge in [0.05, 0.1) is 11.9 Å². The molecule has 0 saturated heterocycles. The number of carbonyl (C=O) groups is 2. The van der Waals surface area contributed by atoms with Crippen LogP contribution in [-0.2, 0) is 11.2 Å². The number of nitrogens with one attached hydrogen (secondary N) is 3. The SMILES string of the molecule is CN(C)c1nc(N[C@H]2CC[C@@H](CNC(=O)Cc3ccccc3C(=O)Nc3ccc(OC(F)(F)F)cc3)CC2)nc2ccccc12. The maximum atomic E-state index is 12.9. The van der Waals surface area contributed by atoms with Gasteiger partial charge in [-0.05, 0) is 79.6 Å². The molecule has 0 unspecified atom stereocenters. The van der Waals surface area contributed by atoms with E-state index < -0.39 is 12.3 Å². The number of fused-ring (bicyclic) bond motifs is 1. The Bertz CT molecular complexity index is 1640. The summed E-state index contributed by atoms with van der Waals surface area (Å²) in [6.45, 7) is 0.545. The van der Waals surface area contributed by atoms with Gasteiger partial charge in [0.25, 0.3) is 5.91 Å². The summed E-state index contributed by atoms with van der Waals surface area (Å²) in [5, 5.41) is 10.2. The molecule has 4 aromatic rings. The van der Waals surface area contributed by atoms with Gasteiger partial charge in [0.2, 0.25) is 11.9 Å². The number of hydrogen-bond donors (Lipinski definition) is 3. The lowest BCUT2D eigenvalue weighted by atomic mass is 9.86. The molecule has 1 heterocycles. The van der Waals surface area contributed by atoms with Crippen LogP contribution in [0.5, 0.6) is 5.75 Å². The molecule has 0 aliphatic heterocycles. The Morgan fingerprint density at radius 2 is 1.60 bits per heavy atom. The molecule has 3 N–H and O–H groups in total. The fourth-order valence-corrected chi connectivity index (χ4v) is 5.49. The van der Waals surface area contributed by atoms with Crippen LogP contribution in [0.2, 0.25) is 0 Å². The largest absolute Gasteiger partial charge is 0.573 e. The number of aromatic nitrogens is 2. The average molecular weight is 621 g/mol. The second kappa shape index (κ2) is 13.8. The van der Waals surface area contributed by atoms with Crippen molar-refractivity contribution in [3.63, 3.8) is 0 Å². The van der Waals surface area contributed by atoms with Crippen molar-refractivity contribution in [1.82, 2.24) is 15.3 Å². The monoisotopic (exact) mass is 620 g/mol. The molecule has 0 radical (unpaired) electrons. The fraction of sp³-hybridized carbons (Fsp3) is 0.333. The van der Waals surface area contributed by atoms with Crippen molar-refractivity contribution in [3.05, 3.63) is 83.9 Å². The maximum Gasteiger partial charge on any atom is 0.573 e. The van der Waals surface area contributed by atoms with Crippen LogP contribution >= 0.6 is 0 Å². The molecule has 2 amide bonds. The highest BCUT2D eigenvalue weighted by atomic mass is 19.4. The molecule has 1 saturated carbocycles. The van der Waals surface area contributed by atoms with E-state index in [9.17, 15) is 22.8 Å². The first-order chi connectivity index (χ1) is 21.5. The molecule has 9 nitrogen and oxygen atoms in total. The Morgan fingerprint density at radius 3 is 2.31 bits per heavy atom. The van der Waals surface area contributed by atoms with Gasteiger partial charge in [-0.3, -0.25) is 9.59 Å². The number of anilines is 3. The van der Waals surface area contributed by atoms with Crippen molar-refractivity contribution in [1.29, 1.82) is 0 Å². The Kier molecular flexibility index (Phi) is 9.70. The molecular weight excluding hydrogens is 585 g/mol.